The first-order valence-electron chi connectivity index (χ1n) is 7.25. The summed E-state index contributed by atoms with van der Waals surface area (Å²) < 4.78 is 0. The molecule has 0 heterocycles. The van der Waals surface area contributed by atoms with Gasteiger partial charge in [-0.1, -0.05) is 32.9 Å². The maximum absolute atomic E-state index is 9.82. The van der Waals surface area contributed by atoms with E-state index in [1.807, 2.05) is 24.4 Å². The fraction of sp³-hybridized carbons (Fsp3) is 0.588. The third-order valence-electron chi connectivity index (χ3n) is 5.49. The summed E-state index contributed by atoms with van der Waals surface area (Å²) in [5.74, 6) is 1.13. The van der Waals surface area contributed by atoms with Gasteiger partial charge in [0.05, 0.1) is 6.04 Å². The lowest BCUT2D eigenvalue weighted by Crippen LogP contribution is -2.39. The van der Waals surface area contributed by atoms with Gasteiger partial charge in [0.2, 0.25) is 0 Å². The summed E-state index contributed by atoms with van der Waals surface area (Å²) in [4.78, 5) is 4.88. The normalized spacial score (nSPS) is 36.2. The van der Waals surface area contributed by atoms with Crippen LogP contribution in [0.2, 0.25) is 0 Å². The van der Waals surface area contributed by atoms with Crippen molar-refractivity contribution in [3.8, 4) is 5.75 Å². The van der Waals surface area contributed by atoms with Gasteiger partial charge in [-0.2, -0.15) is 0 Å². The number of hydrogen-bond acceptors (Lipinski definition) is 2. The highest BCUT2D eigenvalue weighted by atomic mass is 16.3. The van der Waals surface area contributed by atoms with Crippen molar-refractivity contribution in [2.45, 2.75) is 46.1 Å². The fourth-order valence-corrected chi connectivity index (χ4v) is 4.40. The van der Waals surface area contributed by atoms with Crippen LogP contribution in [0, 0.1) is 16.7 Å². The van der Waals surface area contributed by atoms with E-state index in [0.29, 0.717) is 17.2 Å². The first-order chi connectivity index (χ1) is 8.93. The molecular formula is C17H23NO. The van der Waals surface area contributed by atoms with Crippen molar-refractivity contribution in [1.82, 2.24) is 0 Å². The summed E-state index contributed by atoms with van der Waals surface area (Å²) in [5.41, 5.74) is 1.47. The van der Waals surface area contributed by atoms with Crippen LogP contribution in [0.5, 0.6) is 5.75 Å². The number of phenolic OH excluding ortho intramolecular Hbond substituents is 1. The predicted octanol–water partition coefficient (Wildman–Crippen LogP) is 4.03. The predicted molar refractivity (Wildman–Crippen MR) is 78.7 cm³/mol. The van der Waals surface area contributed by atoms with Crippen molar-refractivity contribution in [3.63, 3.8) is 0 Å². The average molecular weight is 257 g/mol. The number of phenols is 1. The zero-order valence-corrected chi connectivity index (χ0v) is 12.1. The maximum atomic E-state index is 9.82. The molecule has 19 heavy (non-hydrogen) atoms. The molecule has 0 aromatic heterocycles. The molecule has 0 saturated heterocycles. The van der Waals surface area contributed by atoms with Crippen LogP contribution in [0.15, 0.2) is 29.3 Å². The standard InChI is InChI=1S/C17H23NO/c1-16(2)13-8-9-17(3,10-13)15(16)18-11-12-6-4-5-7-14(12)19/h4-7,11,13,15,19H,8-10H2,1-3H3/t13-,15+,17-/m0/s1. The quantitative estimate of drug-likeness (QED) is 0.797. The lowest BCUT2D eigenvalue weighted by Gasteiger charge is -2.40. The lowest BCUT2D eigenvalue weighted by atomic mass is 9.69. The van der Waals surface area contributed by atoms with Gasteiger partial charge >= 0.3 is 0 Å². The molecule has 0 amide bonds. The molecule has 1 aromatic carbocycles. The van der Waals surface area contributed by atoms with Crippen molar-refractivity contribution in [3.05, 3.63) is 29.8 Å². The number of fused-ring (bicyclic) bond motifs is 2. The molecule has 1 aromatic rings. The van der Waals surface area contributed by atoms with Gasteiger partial charge in [0.15, 0.2) is 0 Å². The van der Waals surface area contributed by atoms with Gasteiger partial charge in [0.1, 0.15) is 5.75 Å². The molecule has 2 bridgehead atoms. The minimum Gasteiger partial charge on any atom is -0.507 e. The summed E-state index contributed by atoms with van der Waals surface area (Å²) in [7, 11) is 0. The number of rotatable bonds is 2. The summed E-state index contributed by atoms with van der Waals surface area (Å²) in [6.45, 7) is 7.10. The second-order valence-corrected chi connectivity index (χ2v) is 7.15. The summed E-state index contributed by atoms with van der Waals surface area (Å²) >= 11 is 0. The highest BCUT2D eigenvalue weighted by Gasteiger charge is 2.59. The van der Waals surface area contributed by atoms with Crippen LogP contribution >= 0.6 is 0 Å². The highest BCUT2D eigenvalue weighted by Crippen LogP contribution is 2.63. The van der Waals surface area contributed by atoms with Gasteiger partial charge in [-0.05, 0) is 48.1 Å². The third kappa shape index (κ3) is 1.89. The fourth-order valence-electron chi connectivity index (χ4n) is 4.40. The van der Waals surface area contributed by atoms with E-state index >= 15 is 0 Å². The second kappa shape index (κ2) is 4.09. The van der Waals surface area contributed by atoms with Crippen molar-refractivity contribution in [2.75, 3.05) is 0 Å². The molecule has 2 nitrogen and oxygen atoms in total. The van der Waals surface area contributed by atoms with E-state index < -0.39 is 0 Å². The van der Waals surface area contributed by atoms with Gasteiger partial charge in [-0.15, -0.1) is 0 Å². The molecule has 102 valence electrons. The second-order valence-electron chi connectivity index (χ2n) is 7.15. The zero-order chi connectivity index (χ0) is 13.7. The van der Waals surface area contributed by atoms with Crippen LogP contribution in [0.25, 0.3) is 0 Å². The van der Waals surface area contributed by atoms with Crippen LogP contribution in [0.3, 0.4) is 0 Å². The van der Waals surface area contributed by atoms with E-state index in [0.717, 1.165) is 11.5 Å². The van der Waals surface area contributed by atoms with Crippen LogP contribution in [-0.4, -0.2) is 17.4 Å². The molecule has 2 aliphatic rings. The van der Waals surface area contributed by atoms with E-state index in [1.165, 1.54) is 19.3 Å². The van der Waals surface area contributed by atoms with Gasteiger partial charge in [-0.3, -0.25) is 4.99 Å². The van der Waals surface area contributed by atoms with Crippen LogP contribution in [0.1, 0.15) is 45.6 Å². The van der Waals surface area contributed by atoms with Crippen molar-refractivity contribution < 1.29 is 5.11 Å². The molecule has 3 atom stereocenters. The number of aliphatic imine (C=N–C) groups is 1. The van der Waals surface area contributed by atoms with Crippen LogP contribution in [0.4, 0.5) is 0 Å². The maximum Gasteiger partial charge on any atom is 0.124 e. The van der Waals surface area contributed by atoms with E-state index in [4.69, 9.17) is 4.99 Å². The van der Waals surface area contributed by atoms with E-state index in [2.05, 4.69) is 20.8 Å². The van der Waals surface area contributed by atoms with E-state index in [-0.39, 0.29) is 5.41 Å². The topological polar surface area (TPSA) is 32.6 Å². The Morgan fingerprint density at radius 3 is 2.63 bits per heavy atom. The summed E-state index contributed by atoms with van der Waals surface area (Å²) in [6, 6.07) is 7.79. The van der Waals surface area contributed by atoms with Crippen LogP contribution in [-0.2, 0) is 0 Å². The SMILES string of the molecule is CC1(C)[C@H]2CC[C@@](C)(C2)[C@@H]1N=Cc1ccccc1O. The Kier molecular flexibility index (Phi) is 2.74. The Morgan fingerprint density at radius 1 is 1.26 bits per heavy atom. The number of hydrogen-bond donors (Lipinski definition) is 1. The van der Waals surface area contributed by atoms with Crippen molar-refractivity contribution in [1.29, 1.82) is 0 Å². The number of nitrogens with zero attached hydrogens (tertiary/aromatic N) is 1. The Morgan fingerprint density at radius 2 is 2.00 bits per heavy atom. The van der Waals surface area contributed by atoms with Gasteiger partial charge in [0.25, 0.3) is 0 Å². The zero-order valence-electron chi connectivity index (χ0n) is 12.1. The monoisotopic (exact) mass is 257 g/mol. The molecule has 0 radical (unpaired) electrons. The Balaban J connectivity index is 1.89. The molecule has 2 aliphatic carbocycles. The van der Waals surface area contributed by atoms with Crippen molar-refractivity contribution in [2.24, 2.45) is 21.7 Å². The molecule has 0 spiro atoms. The number of aromatic hydroxyl groups is 1. The number of benzene rings is 1. The van der Waals surface area contributed by atoms with Gasteiger partial charge in [-0.25, -0.2) is 0 Å². The minimum atomic E-state index is 0.286. The molecule has 0 unspecified atom stereocenters. The third-order valence-corrected chi connectivity index (χ3v) is 5.49. The van der Waals surface area contributed by atoms with Gasteiger partial charge < -0.3 is 5.11 Å². The summed E-state index contributed by atoms with van der Waals surface area (Å²) in [6.07, 6.45) is 5.83. The lowest BCUT2D eigenvalue weighted by molar-refractivity contribution is 0.143. The first-order valence-corrected chi connectivity index (χ1v) is 7.25. The Labute approximate surface area is 115 Å². The smallest absolute Gasteiger partial charge is 0.124 e. The molecule has 0 aliphatic heterocycles. The Hall–Kier alpha value is -1.31. The minimum absolute atomic E-state index is 0.286. The molecule has 2 fully saturated rings. The van der Waals surface area contributed by atoms with E-state index in [9.17, 15) is 5.11 Å². The molecule has 2 saturated carbocycles. The van der Waals surface area contributed by atoms with Gasteiger partial charge in [0, 0.05) is 11.8 Å². The van der Waals surface area contributed by atoms with Crippen molar-refractivity contribution >= 4 is 6.21 Å². The molecule has 1 N–H and O–H groups in total. The summed E-state index contributed by atoms with van der Waals surface area (Å²) in [5, 5.41) is 9.82. The first kappa shape index (κ1) is 12.7. The Bertz CT molecular complexity index is 515. The van der Waals surface area contributed by atoms with E-state index in [1.54, 1.807) is 6.07 Å². The molecule has 2 heteroatoms. The molecule has 3 rings (SSSR count). The molecular weight excluding hydrogens is 234 g/mol. The highest BCUT2D eigenvalue weighted by molar-refractivity contribution is 5.83. The number of para-hydroxylation sites is 1. The average Bonchev–Trinajstić information content (AvgIpc) is 2.82. The van der Waals surface area contributed by atoms with Crippen LogP contribution < -0.4 is 0 Å². The largest absolute Gasteiger partial charge is 0.507 e.